The summed E-state index contributed by atoms with van der Waals surface area (Å²) in [7, 11) is 1.93. The summed E-state index contributed by atoms with van der Waals surface area (Å²) in [6.45, 7) is 9.73. The molecule has 3 rings (SSSR count). The Kier molecular flexibility index (Phi) is 4.47. The highest BCUT2D eigenvalue weighted by Crippen LogP contribution is 2.22. The molecule has 0 saturated carbocycles. The van der Waals surface area contributed by atoms with Crippen molar-refractivity contribution in [1.82, 2.24) is 24.5 Å². The summed E-state index contributed by atoms with van der Waals surface area (Å²) >= 11 is 0. The van der Waals surface area contributed by atoms with E-state index in [1.54, 1.807) is 0 Å². The number of carbonyl (C=O) groups is 1. The molecule has 0 N–H and O–H groups in total. The van der Waals surface area contributed by atoms with Crippen LogP contribution in [0.2, 0.25) is 0 Å². The van der Waals surface area contributed by atoms with Crippen LogP contribution in [0, 0.1) is 27.7 Å². The summed E-state index contributed by atoms with van der Waals surface area (Å²) in [4.78, 5) is 14.9. The molecule has 1 atom stereocenters. The molecule has 1 fully saturated rings. The van der Waals surface area contributed by atoms with Gasteiger partial charge in [-0.3, -0.25) is 14.2 Å². The zero-order valence-corrected chi connectivity index (χ0v) is 15.3. The summed E-state index contributed by atoms with van der Waals surface area (Å²) < 4.78 is 3.89. The van der Waals surface area contributed by atoms with E-state index in [9.17, 15) is 4.79 Å². The summed E-state index contributed by atoms with van der Waals surface area (Å²) in [5.74, 6) is 0.207. The number of hydrogen-bond acceptors (Lipinski definition) is 3. The number of rotatable bonds is 4. The van der Waals surface area contributed by atoms with Gasteiger partial charge in [0.2, 0.25) is 5.91 Å². The van der Waals surface area contributed by atoms with Crippen LogP contribution in [0.25, 0.3) is 0 Å². The maximum Gasteiger partial charge on any atom is 0.227 e. The van der Waals surface area contributed by atoms with Crippen molar-refractivity contribution in [2.45, 2.75) is 59.5 Å². The lowest BCUT2D eigenvalue weighted by Crippen LogP contribution is -2.39. The normalized spacial score (nSPS) is 17.7. The second kappa shape index (κ2) is 6.42. The third kappa shape index (κ3) is 3.09. The highest BCUT2D eigenvalue weighted by molar-refractivity contribution is 5.80. The average Bonchev–Trinajstić information content (AvgIpc) is 3.16. The molecular weight excluding hydrogens is 302 g/mol. The lowest BCUT2D eigenvalue weighted by Gasteiger charge is -2.25. The number of likely N-dealkylation sites (tertiary alicyclic amines) is 1. The predicted octanol–water partition coefficient (Wildman–Crippen LogP) is 2.08. The second-order valence-electron chi connectivity index (χ2n) is 6.94. The molecule has 0 unspecified atom stereocenters. The lowest BCUT2D eigenvalue weighted by atomic mass is 10.1. The van der Waals surface area contributed by atoms with Crippen molar-refractivity contribution < 1.29 is 4.79 Å². The van der Waals surface area contributed by atoms with Crippen LogP contribution in [0.4, 0.5) is 0 Å². The van der Waals surface area contributed by atoms with Crippen molar-refractivity contribution in [1.29, 1.82) is 0 Å². The van der Waals surface area contributed by atoms with Crippen LogP contribution >= 0.6 is 0 Å². The fourth-order valence-electron chi connectivity index (χ4n) is 3.74. The van der Waals surface area contributed by atoms with Gasteiger partial charge < -0.3 is 4.90 Å². The van der Waals surface area contributed by atoms with Gasteiger partial charge in [-0.1, -0.05) is 0 Å². The second-order valence-corrected chi connectivity index (χ2v) is 6.94. The lowest BCUT2D eigenvalue weighted by molar-refractivity contribution is -0.131. The van der Waals surface area contributed by atoms with Gasteiger partial charge in [0, 0.05) is 30.5 Å². The van der Waals surface area contributed by atoms with Crippen molar-refractivity contribution in [3.05, 3.63) is 34.4 Å². The van der Waals surface area contributed by atoms with E-state index in [0.29, 0.717) is 6.42 Å². The Hall–Kier alpha value is -2.11. The molecule has 130 valence electrons. The molecule has 1 amide bonds. The minimum absolute atomic E-state index is 0.207. The largest absolute Gasteiger partial charge is 0.338 e. The molecule has 1 saturated heterocycles. The molecule has 3 heterocycles. The Balaban J connectivity index is 1.73. The first kappa shape index (κ1) is 16.7. The first-order chi connectivity index (χ1) is 11.4. The topological polar surface area (TPSA) is 56.0 Å². The van der Waals surface area contributed by atoms with Gasteiger partial charge in [0.15, 0.2) is 0 Å². The van der Waals surface area contributed by atoms with Crippen LogP contribution in [-0.4, -0.2) is 43.0 Å². The Bertz CT molecular complexity index is 758. The first-order valence-electron chi connectivity index (χ1n) is 8.66. The van der Waals surface area contributed by atoms with Gasteiger partial charge in [-0.2, -0.15) is 10.2 Å². The summed E-state index contributed by atoms with van der Waals surface area (Å²) in [5, 5.41) is 8.97. The van der Waals surface area contributed by atoms with Crippen molar-refractivity contribution in [2.75, 3.05) is 6.54 Å². The first-order valence-corrected chi connectivity index (χ1v) is 8.66. The van der Waals surface area contributed by atoms with Crippen LogP contribution in [0.3, 0.4) is 0 Å². The molecule has 2 aromatic heterocycles. The number of amides is 1. The fourth-order valence-corrected chi connectivity index (χ4v) is 3.74. The molecule has 1 aliphatic heterocycles. The van der Waals surface area contributed by atoms with Crippen LogP contribution in [0.15, 0.2) is 6.07 Å². The van der Waals surface area contributed by atoms with Gasteiger partial charge in [-0.15, -0.1) is 0 Å². The third-order valence-electron chi connectivity index (χ3n) is 5.17. The summed E-state index contributed by atoms with van der Waals surface area (Å²) in [6, 6.07) is 2.33. The van der Waals surface area contributed by atoms with Crippen LogP contribution in [0.1, 0.15) is 41.2 Å². The predicted molar refractivity (Wildman–Crippen MR) is 92.8 cm³/mol. The average molecular weight is 329 g/mol. The Morgan fingerprint density at radius 3 is 2.58 bits per heavy atom. The maximum absolute atomic E-state index is 12.9. The Morgan fingerprint density at radius 1 is 1.25 bits per heavy atom. The Labute approximate surface area is 143 Å². The maximum atomic E-state index is 12.9. The number of carbonyl (C=O) groups excluding carboxylic acids is 1. The highest BCUT2D eigenvalue weighted by atomic mass is 16.2. The minimum Gasteiger partial charge on any atom is -0.338 e. The summed E-state index contributed by atoms with van der Waals surface area (Å²) in [6.07, 6.45) is 2.56. The fraction of sp³-hybridized carbons (Fsp3) is 0.611. The number of aryl methyl sites for hydroxylation is 4. The number of nitrogens with zero attached hydrogens (tertiary/aromatic N) is 5. The molecular formula is C18H27N5O. The van der Waals surface area contributed by atoms with Gasteiger partial charge >= 0.3 is 0 Å². The van der Waals surface area contributed by atoms with Crippen LogP contribution in [-0.2, 0) is 24.8 Å². The smallest absolute Gasteiger partial charge is 0.227 e. The zero-order chi connectivity index (χ0) is 17.4. The minimum atomic E-state index is 0.207. The number of hydrogen-bond donors (Lipinski definition) is 0. The molecule has 0 spiro atoms. The van der Waals surface area contributed by atoms with Gasteiger partial charge in [0.25, 0.3) is 0 Å². The van der Waals surface area contributed by atoms with E-state index in [1.807, 2.05) is 42.1 Å². The van der Waals surface area contributed by atoms with Crippen LogP contribution in [0.5, 0.6) is 0 Å². The quantitative estimate of drug-likeness (QED) is 0.863. The zero-order valence-electron chi connectivity index (χ0n) is 15.3. The highest BCUT2D eigenvalue weighted by Gasteiger charge is 2.30. The molecule has 0 bridgehead atoms. The van der Waals surface area contributed by atoms with Gasteiger partial charge in [0.05, 0.1) is 30.4 Å². The third-order valence-corrected chi connectivity index (χ3v) is 5.17. The van der Waals surface area contributed by atoms with Crippen LogP contribution < -0.4 is 0 Å². The van der Waals surface area contributed by atoms with E-state index < -0.39 is 0 Å². The van der Waals surface area contributed by atoms with Crippen molar-refractivity contribution in [3.63, 3.8) is 0 Å². The monoisotopic (exact) mass is 329 g/mol. The van der Waals surface area contributed by atoms with Crippen molar-refractivity contribution in [3.8, 4) is 0 Å². The SMILES string of the molecule is Cc1cc(C)n(C[C@@H]2CCCN2C(=O)Cc2c(C)nn(C)c2C)n1. The molecule has 6 heteroatoms. The van der Waals surface area contributed by atoms with E-state index in [-0.39, 0.29) is 11.9 Å². The Morgan fingerprint density at radius 2 is 2.00 bits per heavy atom. The molecule has 2 aromatic rings. The molecule has 0 aliphatic carbocycles. The van der Waals surface area contributed by atoms with E-state index >= 15 is 0 Å². The molecule has 0 aromatic carbocycles. The van der Waals surface area contributed by atoms with E-state index in [2.05, 4.69) is 23.2 Å². The summed E-state index contributed by atoms with van der Waals surface area (Å²) in [5.41, 5.74) is 5.29. The van der Waals surface area contributed by atoms with E-state index in [0.717, 1.165) is 54.3 Å². The molecule has 0 radical (unpaired) electrons. The molecule has 24 heavy (non-hydrogen) atoms. The van der Waals surface area contributed by atoms with Crippen molar-refractivity contribution >= 4 is 5.91 Å². The van der Waals surface area contributed by atoms with E-state index in [1.165, 1.54) is 0 Å². The standard InChI is InChI=1S/C18H27N5O/c1-12-9-13(2)23(19-12)11-16-7-6-8-22(16)18(24)10-17-14(3)20-21(5)15(17)4/h9,16H,6-8,10-11H2,1-5H3/t16-/m0/s1. The molecule has 1 aliphatic rings. The van der Waals surface area contributed by atoms with Gasteiger partial charge in [-0.05, 0) is 46.6 Å². The van der Waals surface area contributed by atoms with E-state index in [4.69, 9.17) is 0 Å². The van der Waals surface area contributed by atoms with Gasteiger partial charge in [-0.25, -0.2) is 0 Å². The molecule has 6 nitrogen and oxygen atoms in total. The van der Waals surface area contributed by atoms with Crippen molar-refractivity contribution in [2.24, 2.45) is 7.05 Å². The number of aromatic nitrogens is 4. The van der Waals surface area contributed by atoms with Gasteiger partial charge in [0.1, 0.15) is 0 Å².